The largest absolute Gasteiger partial charge is 0.504 e. The van der Waals surface area contributed by atoms with Crippen LogP contribution in [0.5, 0.6) is 17.2 Å². The van der Waals surface area contributed by atoms with Crippen LogP contribution in [0.15, 0.2) is 54.1 Å². The molecule has 2 aromatic carbocycles. The zero-order chi connectivity index (χ0) is 19.8. The average molecular weight is 364 g/mol. The van der Waals surface area contributed by atoms with Crippen LogP contribution >= 0.6 is 0 Å². The predicted molar refractivity (Wildman–Crippen MR) is 102 cm³/mol. The molecule has 0 atom stereocenters. The summed E-state index contributed by atoms with van der Waals surface area (Å²) in [5.74, 6) is -0.214. The third kappa shape index (κ3) is 5.38. The molecule has 27 heavy (non-hydrogen) atoms. The highest BCUT2D eigenvalue weighted by molar-refractivity contribution is 5.97. The number of hydrogen-bond acceptors (Lipinski definition) is 5. The Labute approximate surface area is 157 Å². The van der Waals surface area contributed by atoms with E-state index in [1.807, 2.05) is 31.2 Å². The molecule has 138 valence electrons. The molecule has 3 N–H and O–H groups in total. The quantitative estimate of drug-likeness (QED) is 0.316. The number of nitrogens with zero attached hydrogens (tertiary/aromatic N) is 1. The van der Waals surface area contributed by atoms with E-state index in [1.54, 1.807) is 19.3 Å². The Kier molecular flexibility index (Phi) is 6.61. The maximum absolute atomic E-state index is 12.2. The van der Waals surface area contributed by atoms with Gasteiger partial charge in [-0.2, -0.15) is 5.26 Å². The highest BCUT2D eigenvalue weighted by Gasteiger charge is 2.08. The van der Waals surface area contributed by atoms with Crippen molar-refractivity contribution in [2.24, 2.45) is 0 Å². The normalized spacial score (nSPS) is 11.2. The van der Waals surface area contributed by atoms with Crippen LogP contribution in [-0.4, -0.2) is 23.2 Å². The van der Waals surface area contributed by atoms with E-state index in [9.17, 15) is 20.3 Å². The number of amides is 1. The highest BCUT2D eigenvalue weighted by atomic mass is 16.5. The Hall–Kier alpha value is -3.72. The van der Waals surface area contributed by atoms with Gasteiger partial charge in [-0.15, -0.1) is 0 Å². The topological polar surface area (TPSA) is 103 Å². The third-order valence-corrected chi connectivity index (χ3v) is 3.84. The van der Waals surface area contributed by atoms with E-state index in [4.69, 9.17) is 4.74 Å². The standard InChI is InChI=1S/C21H20N2O4/c1-14-6-7-16(11-20(14)27-2)13-23-21(26)17(12-22)5-3-4-15-8-9-18(24)19(25)10-15/h3-11,24-25H,13H2,1-2H3,(H,23,26)/b4-3+,17-5+. The number of phenols is 2. The summed E-state index contributed by atoms with van der Waals surface area (Å²) < 4.78 is 5.25. The summed E-state index contributed by atoms with van der Waals surface area (Å²) in [5.41, 5.74) is 2.42. The molecule has 0 aliphatic carbocycles. The lowest BCUT2D eigenvalue weighted by atomic mass is 10.1. The Morgan fingerprint density at radius 1 is 1.22 bits per heavy atom. The van der Waals surface area contributed by atoms with E-state index in [-0.39, 0.29) is 23.6 Å². The van der Waals surface area contributed by atoms with Crippen molar-refractivity contribution in [2.45, 2.75) is 13.5 Å². The molecule has 2 rings (SSSR count). The number of methoxy groups -OCH3 is 1. The van der Waals surface area contributed by atoms with Gasteiger partial charge in [-0.25, -0.2) is 0 Å². The second-order valence-corrected chi connectivity index (χ2v) is 5.79. The van der Waals surface area contributed by atoms with Crippen molar-refractivity contribution in [1.82, 2.24) is 5.32 Å². The highest BCUT2D eigenvalue weighted by Crippen LogP contribution is 2.25. The summed E-state index contributed by atoms with van der Waals surface area (Å²) in [5, 5.41) is 30.6. The van der Waals surface area contributed by atoms with Crippen molar-refractivity contribution in [3.8, 4) is 23.3 Å². The first kappa shape index (κ1) is 19.6. The van der Waals surface area contributed by atoms with Crippen LogP contribution in [0.25, 0.3) is 6.08 Å². The first-order valence-corrected chi connectivity index (χ1v) is 8.16. The lowest BCUT2D eigenvalue weighted by molar-refractivity contribution is -0.117. The Bertz CT molecular complexity index is 940. The fourth-order valence-corrected chi connectivity index (χ4v) is 2.32. The zero-order valence-electron chi connectivity index (χ0n) is 15.1. The first-order chi connectivity index (χ1) is 12.9. The summed E-state index contributed by atoms with van der Waals surface area (Å²) >= 11 is 0. The minimum absolute atomic E-state index is 0.0478. The van der Waals surface area contributed by atoms with Gasteiger partial charge in [-0.3, -0.25) is 4.79 Å². The Morgan fingerprint density at radius 2 is 2.00 bits per heavy atom. The number of carbonyl (C=O) groups is 1. The summed E-state index contributed by atoms with van der Waals surface area (Å²) in [4.78, 5) is 12.2. The fraction of sp³-hybridized carbons (Fsp3) is 0.143. The Morgan fingerprint density at radius 3 is 2.67 bits per heavy atom. The molecule has 0 bridgehead atoms. The van der Waals surface area contributed by atoms with Gasteiger partial charge in [0.2, 0.25) is 0 Å². The first-order valence-electron chi connectivity index (χ1n) is 8.16. The number of allylic oxidation sites excluding steroid dienone is 2. The van der Waals surface area contributed by atoms with Crippen molar-refractivity contribution in [2.75, 3.05) is 7.11 Å². The lowest BCUT2D eigenvalue weighted by Crippen LogP contribution is -2.24. The number of phenolic OH excluding ortho intramolecular Hbond substituents is 2. The van der Waals surface area contributed by atoms with E-state index in [0.717, 1.165) is 16.9 Å². The number of benzene rings is 2. The van der Waals surface area contributed by atoms with Gasteiger partial charge >= 0.3 is 0 Å². The van der Waals surface area contributed by atoms with Crippen LogP contribution in [0, 0.1) is 18.3 Å². The summed E-state index contributed by atoms with van der Waals surface area (Å²) in [6.07, 6.45) is 4.52. The molecule has 0 unspecified atom stereocenters. The SMILES string of the molecule is COc1cc(CNC(=O)/C(C#N)=C/C=C/c2ccc(O)c(O)c2)ccc1C. The van der Waals surface area contributed by atoms with Gasteiger partial charge in [-0.05, 0) is 47.9 Å². The van der Waals surface area contributed by atoms with Crippen LogP contribution in [0.2, 0.25) is 0 Å². The van der Waals surface area contributed by atoms with E-state index < -0.39 is 5.91 Å². The fourth-order valence-electron chi connectivity index (χ4n) is 2.32. The third-order valence-electron chi connectivity index (χ3n) is 3.84. The molecule has 0 fully saturated rings. The number of hydrogen-bond donors (Lipinski definition) is 3. The number of nitriles is 1. The molecule has 1 amide bonds. The van der Waals surface area contributed by atoms with Gasteiger partial charge in [0.05, 0.1) is 7.11 Å². The number of ether oxygens (including phenoxy) is 1. The minimum atomic E-state index is -0.491. The molecule has 0 aliphatic heterocycles. The minimum Gasteiger partial charge on any atom is -0.504 e. The molecule has 0 radical (unpaired) electrons. The smallest absolute Gasteiger partial charge is 0.262 e. The summed E-state index contributed by atoms with van der Waals surface area (Å²) in [6.45, 7) is 2.20. The van der Waals surface area contributed by atoms with Crippen molar-refractivity contribution >= 4 is 12.0 Å². The number of rotatable bonds is 6. The van der Waals surface area contributed by atoms with Gasteiger partial charge in [0, 0.05) is 6.54 Å². The molecule has 2 aromatic rings. The Balaban J connectivity index is 2.02. The van der Waals surface area contributed by atoms with Gasteiger partial charge in [0.1, 0.15) is 17.4 Å². The molecule has 0 spiro atoms. The van der Waals surface area contributed by atoms with E-state index in [2.05, 4.69) is 5.32 Å². The second kappa shape index (κ2) is 9.11. The van der Waals surface area contributed by atoms with E-state index in [0.29, 0.717) is 5.56 Å². The summed E-state index contributed by atoms with van der Waals surface area (Å²) in [7, 11) is 1.58. The van der Waals surface area contributed by atoms with Crippen molar-refractivity contribution in [3.05, 3.63) is 70.8 Å². The monoisotopic (exact) mass is 364 g/mol. The van der Waals surface area contributed by atoms with Crippen LogP contribution in [0.1, 0.15) is 16.7 Å². The van der Waals surface area contributed by atoms with Crippen LogP contribution in [0.4, 0.5) is 0 Å². The van der Waals surface area contributed by atoms with Gasteiger partial charge in [-0.1, -0.05) is 30.4 Å². The number of carbonyl (C=O) groups excluding carboxylic acids is 1. The molecule has 0 aliphatic rings. The van der Waals surface area contributed by atoms with E-state index in [1.165, 1.54) is 24.3 Å². The summed E-state index contributed by atoms with van der Waals surface area (Å²) in [6, 6.07) is 11.8. The van der Waals surface area contributed by atoms with Crippen molar-refractivity contribution in [3.63, 3.8) is 0 Å². The molecule has 0 aromatic heterocycles. The zero-order valence-corrected chi connectivity index (χ0v) is 15.1. The van der Waals surface area contributed by atoms with E-state index >= 15 is 0 Å². The number of aryl methyl sites for hydroxylation is 1. The number of aromatic hydroxyl groups is 2. The molecule has 0 saturated heterocycles. The van der Waals surface area contributed by atoms with Crippen molar-refractivity contribution in [1.29, 1.82) is 5.26 Å². The molecule has 6 nitrogen and oxygen atoms in total. The maximum Gasteiger partial charge on any atom is 0.262 e. The molecule has 6 heteroatoms. The molecular formula is C21H20N2O4. The second-order valence-electron chi connectivity index (χ2n) is 5.79. The van der Waals surface area contributed by atoms with Crippen molar-refractivity contribution < 1.29 is 19.7 Å². The van der Waals surface area contributed by atoms with Gasteiger partial charge in [0.25, 0.3) is 5.91 Å². The number of nitrogens with one attached hydrogen (secondary N) is 1. The molecular weight excluding hydrogens is 344 g/mol. The lowest BCUT2D eigenvalue weighted by Gasteiger charge is -2.08. The predicted octanol–water partition coefficient (Wildman–Crippen LogP) is 3.19. The average Bonchev–Trinajstić information content (AvgIpc) is 2.67. The van der Waals surface area contributed by atoms with Gasteiger partial charge < -0.3 is 20.3 Å². The van der Waals surface area contributed by atoms with Crippen LogP contribution in [-0.2, 0) is 11.3 Å². The van der Waals surface area contributed by atoms with Crippen LogP contribution in [0.3, 0.4) is 0 Å². The molecule has 0 saturated carbocycles. The maximum atomic E-state index is 12.2. The molecule has 0 heterocycles. The van der Waals surface area contributed by atoms with Crippen LogP contribution < -0.4 is 10.1 Å². The van der Waals surface area contributed by atoms with Gasteiger partial charge in [0.15, 0.2) is 11.5 Å².